The Morgan fingerprint density at radius 1 is 0.500 bits per heavy atom. The molecule has 0 aromatic carbocycles. The number of ketones is 1. The van der Waals surface area contributed by atoms with Gasteiger partial charge in [0.25, 0.3) is 0 Å². The van der Waals surface area contributed by atoms with Crippen molar-refractivity contribution in [1.29, 1.82) is 0 Å². The van der Waals surface area contributed by atoms with E-state index in [2.05, 4.69) is 41.5 Å². The second-order valence-corrected chi connectivity index (χ2v) is 20.0. The van der Waals surface area contributed by atoms with E-state index in [0.29, 0.717) is 22.0 Å². The lowest BCUT2D eigenvalue weighted by Gasteiger charge is -2.56. The smallest absolute Gasteiger partial charge is 0.139 e. The van der Waals surface area contributed by atoms with Crippen LogP contribution < -0.4 is 0 Å². The molecule has 0 bridgehead atoms. The van der Waals surface area contributed by atoms with E-state index in [9.17, 15) is 4.79 Å². The summed E-state index contributed by atoms with van der Waals surface area (Å²) in [5.74, 6) is 10.3. The summed E-state index contributed by atoms with van der Waals surface area (Å²) in [6.45, 7) is 14.8. The van der Waals surface area contributed by atoms with E-state index in [4.69, 9.17) is 12.2 Å². The van der Waals surface area contributed by atoms with Gasteiger partial charge in [-0.15, -0.1) is 0 Å². The highest BCUT2D eigenvalue weighted by atomic mass is 32.1. The Bertz CT molecular complexity index is 988. The molecule has 1 nitrogen and oxygen atoms in total. The molecule has 0 aliphatic heterocycles. The van der Waals surface area contributed by atoms with Crippen molar-refractivity contribution in [3.05, 3.63) is 0 Å². The highest BCUT2D eigenvalue weighted by molar-refractivity contribution is 7.80. The molecule has 0 spiro atoms. The number of thiocarbonyl (C=S) groups is 1. The quantitative estimate of drug-likeness (QED) is 0.249. The largest absolute Gasteiger partial charge is 0.299 e. The molecule has 8 aliphatic carbocycles. The summed E-state index contributed by atoms with van der Waals surface area (Å²) < 4.78 is 0. The van der Waals surface area contributed by atoms with Crippen LogP contribution in [0.25, 0.3) is 0 Å². The SMILES string of the molecule is C.C.CC1(C)CC[C@H]2[C@H](CC[C@@H]3[C@@H]2CC[C@]2(C)C(=O)CC[C@@H]32)C1.CC1(C)CC[C@H]2[C@H](CC[C@@H]3[C@@H]2CC[C@]2(C)C(=S)CC[C@@H]32)C1. The zero-order valence-electron chi connectivity index (χ0n) is 28.3. The highest BCUT2D eigenvalue weighted by Gasteiger charge is 2.58. The number of rotatable bonds is 0. The molecule has 2 heteroatoms. The fraction of sp³-hybridized carbons (Fsp3) is 0.952. The summed E-state index contributed by atoms with van der Waals surface area (Å²) in [6.07, 6.45) is 25.0. The molecule has 0 aromatic heterocycles. The van der Waals surface area contributed by atoms with Crippen LogP contribution in [-0.2, 0) is 4.79 Å². The average Bonchev–Trinajstić information content (AvgIpc) is 3.42. The van der Waals surface area contributed by atoms with Crippen molar-refractivity contribution in [3.63, 3.8) is 0 Å². The first-order chi connectivity index (χ1) is 19.8. The second kappa shape index (κ2) is 12.3. The normalized spacial score (nSPS) is 49.6. The van der Waals surface area contributed by atoms with E-state index < -0.39 is 0 Å². The first-order valence-electron chi connectivity index (χ1n) is 18.9. The van der Waals surface area contributed by atoms with Crippen molar-refractivity contribution >= 4 is 22.9 Å². The summed E-state index contributed by atoms with van der Waals surface area (Å²) >= 11 is 5.77. The minimum Gasteiger partial charge on any atom is -0.299 e. The molecule has 8 saturated carbocycles. The van der Waals surface area contributed by atoms with Crippen LogP contribution >= 0.6 is 12.2 Å². The van der Waals surface area contributed by atoms with Gasteiger partial charge in [-0.1, -0.05) is 68.6 Å². The number of fused-ring (bicyclic) bond motifs is 10. The third kappa shape index (κ3) is 5.76. The zero-order valence-corrected chi connectivity index (χ0v) is 29.1. The third-order valence-electron chi connectivity index (χ3n) is 16.4. The minimum atomic E-state index is 0. The maximum Gasteiger partial charge on any atom is 0.139 e. The van der Waals surface area contributed by atoms with E-state index in [1.165, 1.54) is 114 Å². The van der Waals surface area contributed by atoms with Gasteiger partial charge >= 0.3 is 0 Å². The van der Waals surface area contributed by atoms with Gasteiger partial charge in [-0.25, -0.2) is 0 Å². The van der Waals surface area contributed by atoms with Gasteiger partial charge in [0.05, 0.1) is 0 Å². The molecular formula is C42H72OS. The topological polar surface area (TPSA) is 17.1 Å². The van der Waals surface area contributed by atoms with Crippen molar-refractivity contribution < 1.29 is 4.79 Å². The van der Waals surface area contributed by atoms with Crippen molar-refractivity contribution in [1.82, 2.24) is 0 Å². The van der Waals surface area contributed by atoms with Crippen molar-refractivity contribution in [3.8, 4) is 0 Å². The molecule has 12 atom stereocenters. The lowest BCUT2D eigenvalue weighted by Crippen LogP contribution is -2.49. The van der Waals surface area contributed by atoms with Crippen LogP contribution in [0.4, 0.5) is 0 Å². The average molecular weight is 625 g/mol. The summed E-state index contributed by atoms with van der Waals surface area (Å²) in [7, 11) is 0. The van der Waals surface area contributed by atoms with Gasteiger partial charge in [-0.05, 0) is 184 Å². The van der Waals surface area contributed by atoms with E-state index >= 15 is 0 Å². The lowest BCUT2D eigenvalue weighted by atomic mass is 9.49. The molecule has 8 aliphatic rings. The van der Waals surface area contributed by atoms with Crippen LogP contribution in [0.15, 0.2) is 0 Å². The van der Waals surface area contributed by atoms with Gasteiger partial charge in [0.15, 0.2) is 0 Å². The van der Waals surface area contributed by atoms with Crippen LogP contribution in [0.5, 0.6) is 0 Å². The summed E-state index contributed by atoms with van der Waals surface area (Å²) in [6, 6.07) is 0. The van der Waals surface area contributed by atoms with Crippen LogP contribution in [-0.4, -0.2) is 10.6 Å². The predicted octanol–water partition coefficient (Wildman–Crippen LogP) is 12.5. The standard InChI is InChI=1S/C20H32O.C20H32S.2CH4/c2*1-19(2)10-8-14-13(12-19)4-5-16-15(14)9-11-20(3)17(16)6-7-18(20)21;;/h2*13-17H,4-12H2,1-3H3;2*1H4/t2*13-,14+,15-,16-,17+,20+;;/m11../s1. The molecule has 0 heterocycles. The van der Waals surface area contributed by atoms with Gasteiger partial charge in [0.2, 0.25) is 0 Å². The van der Waals surface area contributed by atoms with Crippen LogP contribution in [0.1, 0.15) is 172 Å². The predicted molar refractivity (Wildman–Crippen MR) is 193 cm³/mol. The Morgan fingerprint density at radius 3 is 1.45 bits per heavy atom. The monoisotopic (exact) mass is 625 g/mol. The number of Topliss-reactive ketones (excluding diaryl/α,β-unsaturated/α-hetero) is 1. The Labute approximate surface area is 279 Å². The number of carbonyl (C=O) groups excluding carboxylic acids is 1. The van der Waals surface area contributed by atoms with E-state index in [1.807, 2.05) is 0 Å². The third-order valence-corrected chi connectivity index (χ3v) is 17.1. The first-order valence-corrected chi connectivity index (χ1v) is 19.3. The minimum absolute atomic E-state index is 0. The molecule has 0 unspecified atom stereocenters. The van der Waals surface area contributed by atoms with Gasteiger partial charge in [-0.3, -0.25) is 4.79 Å². The van der Waals surface area contributed by atoms with Crippen molar-refractivity contribution in [2.75, 3.05) is 0 Å². The Kier molecular flexibility index (Phi) is 9.83. The van der Waals surface area contributed by atoms with Crippen LogP contribution in [0, 0.1) is 80.8 Å². The Balaban J connectivity index is 0.000000167. The number of hydrogen-bond donors (Lipinski definition) is 0. The molecule has 0 amide bonds. The van der Waals surface area contributed by atoms with Crippen molar-refractivity contribution in [2.24, 2.45) is 80.8 Å². The Morgan fingerprint density at radius 2 is 0.932 bits per heavy atom. The van der Waals surface area contributed by atoms with Crippen LogP contribution in [0.2, 0.25) is 0 Å². The van der Waals surface area contributed by atoms with E-state index in [1.54, 1.807) is 0 Å². The number of carbonyl (C=O) groups is 1. The van der Waals surface area contributed by atoms with Gasteiger partial charge in [-0.2, -0.15) is 0 Å². The molecule has 252 valence electrons. The molecule has 8 fully saturated rings. The fourth-order valence-corrected chi connectivity index (χ4v) is 14.5. The molecular weight excluding hydrogens is 553 g/mol. The summed E-state index contributed by atoms with van der Waals surface area (Å²) in [5, 5.41) is 0. The molecule has 0 N–H and O–H groups in total. The second-order valence-electron chi connectivity index (χ2n) is 19.5. The maximum atomic E-state index is 12.4. The van der Waals surface area contributed by atoms with Crippen LogP contribution in [0.3, 0.4) is 0 Å². The van der Waals surface area contributed by atoms with Gasteiger partial charge in [0.1, 0.15) is 5.78 Å². The zero-order chi connectivity index (χ0) is 29.7. The lowest BCUT2D eigenvalue weighted by molar-refractivity contribution is -0.133. The van der Waals surface area contributed by atoms with E-state index in [0.717, 1.165) is 65.6 Å². The molecule has 0 aromatic rings. The summed E-state index contributed by atoms with van der Waals surface area (Å²) in [5.41, 5.74) is 1.71. The molecule has 0 radical (unpaired) electrons. The fourth-order valence-electron chi connectivity index (χ4n) is 14.2. The maximum absolute atomic E-state index is 12.4. The summed E-state index contributed by atoms with van der Waals surface area (Å²) in [4.78, 5) is 13.8. The first kappa shape index (κ1) is 35.1. The number of hydrogen-bond acceptors (Lipinski definition) is 2. The van der Waals surface area contributed by atoms with Crippen molar-refractivity contribution in [2.45, 2.75) is 172 Å². The Hall–Kier alpha value is -0.240. The van der Waals surface area contributed by atoms with Gasteiger partial charge in [0, 0.05) is 17.3 Å². The van der Waals surface area contributed by atoms with Gasteiger partial charge < -0.3 is 0 Å². The van der Waals surface area contributed by atoms with E-state index in [-0.39, 0.29) is 20.3 Å². The molecule has 0 saturated heterocycles. The highest BCUT2D eigenvalue weighted by Crippen LogP contribution is 2.64. The molecule has 44 heavy (non-hydrogen) atoms. The molecule has 8 rings (SSSR count).